The molecule has 2 heterocycles. The maximum atomic E-state index is 11.8. The summed E-state index contributed by atoms with van der Waals surface area (Å²) < 4.78 is 0. The molecule has 0 saturated heterocycles. The van der Waals surface area contributed by atoms with Crippen LogP contribution < -0.4 is 0 Å². The number of aliphatic hydroxyl groups excluding tert-OH is 1. The molecular weight excluding hydrogens is 290 g/mol. The Kier molecular flexibility index (Phi) is 3.14. The Balaban J connectivity index is 2.03. The van der Waals surface area contributed by atoms with Crippen molar-refractivity contribution >= 4 is 28.4 Å². The lowest BCUT2D eigenvalue weighted by Gasteiger charge is -1.99. The number of nitrogens with zero attached hydrogens (tertiary/aromatic N) is 3. The van der Waals surface area contributed by atoms with E-state index in [0.29, 0.717) is 16.5 Å². The van der Waals surface area contributed by atoms with Gasteiger partial charge in [0.2, 0.25) is 11.6 Å². The van der Waals surface area contributed by atoms with Gasteiger partial charge in [-0.25, -0.2) is 4.79 Å². The van der Waals surface area contributed by atoms with Gasteiger partial charge in [-0.2, -0.15) is 5.21 Å². The summed E-state index contributed by atoms with van der Waals surface area (Å²) in [5, 5.41) is 32.0. The van der Waals surface area contributed by atoms with Gasteiger partial charge in [0.05, 0.1) is 5.56 Å². The average Bonchev–Trinajstić information content (AvgIpc) is 3.15. The van der Waals surface area contributed by atoms with Gasteiger partial charge < -0.3 is 15.2 Å². The van der Waals surface area contributed by atoms with Gasteiger partial charge in [0.15, 0.2) is 0 Å². The number of carbonyl (C=O) groups is 2. The predicted octanol–water partition coefficient (Wildman–Crippen LogP) is 1.16. The highest BCUT2D eigenvalue weighted by Gasteiger charge is 2.14. The number of nitrogens with one attached hydrogen (secondary N) is 2. The molecule has 3 aromatic rings. The van der Waals surface area contributed by atoms with Crippen LogP contribution in [0.25, 0.3) is 16.7 Å². The van der Waals surface area contributed by atoms with Gasteiger partial charge in [-0.05, 0) is 23.4 Å². The molecule has 0 saturated carbocycles. The molecule has 1 aromatic carbocycles. The number of allylic oxidation sites excluding steroid dienone is 1. The van der Waals surface area contributed by atoms with Crippen LogP contribution in [0.4, 0.5) is 0 Å². The first kappa shape index (κ1) is 13.5. The second-order valence-electron chi connectivity index (χ2n) is 4.40. The summed E-state index contributed by atoms with van der Waals surface area (Å²) in [5.74, 6) is -2.23. The number of hydrogen-bond donors (Lipinski definition) is 4. The van der Waals surface area contributed by atoms with Crippen molar-refractivity contribution in [2.75, 3.05) is 0 Å². The van der Waals surface area contributed by atoms with E-state index in [9.17, 15) is 14.7 Å². The Hall–Kier alpha value is -3.49. The third-order valence-corrected chi connectivity index (χ3v) is 3.04. The number of rotatable bonds is 4. The Morgan fingerprint density at radius 2 is 2.05 bits per heavy atom. The molecular formula is C13H9N5O4. The molecule has 0 atom stereocenters. The molecule has 0 unspecified atom stereocenters. The summed E-state index contributed by atoms with van der Waals surface area (Å²) in [5.41, 5.74) is 1.01. The molecule has 0 spiro atoms. The Bertz CT molecular complexity index is 894. The molecule has 4 N–H and O–H groups in total. The van der Waals surface area contributed by atoms with Crippen molar-refractivity contribution in [2.45, 2.75) is 0 Å². The number of hydrogen-bond acceptors (Lipinski definition) is 6. The summed E-state index contributed by atoms with van der Waals surface area (Å²) >= 11 is 0. The molecule has 0 aliphatic carbocycles. The van der Waals surface area contributed by atoms with Gasteiger partial charge >= 0.3 is 5.97 Å². The van der Waals surface area contributed by atoms with Crippen molar-refractivity contribution in [3.05, 3.63) is 47.4 Å². The van der Waals surface area contributed by atoms with Gasteiger partial charge in [-0.15, -0.1) is 10.2 Å². The fourth-order valence-electron chi connectivity index (χ4n) is 2.00. The van der Waals surface area contributed by atoms with Crippen molar-refractivity contribution in [3.63, 3.8) is 0 Å². The van der Waals surface area contributed by atoms with Crippen LogP contribution in [-0.2, 0) is 0 Å². The third kappa shape index (κ3) is 2.30. The Morgan fingerprint density at radius 1 is 1.23 bits per heavy atom. The number of aromatic nitrogens is 5. The monoisotopic (exact) mass is 299 g/mol. The molecule has 9 nitrogen and oxygen atoms in total. The molecule has 9 heteroatoms. The molecule has 0 radical (unpaired) electrons. The van der Waals surface area contributed by atoms with Crippen molar-refractivity contribution in [2.24, 2.45) is 0 Å². The Morgan fingerprint density at radius 3 is 2.73 bits per heavy atom. The van der Waals surface area contributed by atoms with Gasteiger partial charge in [0, 0.05) is 28.7 Å². The molecule has 3 rings (SSSR count). The summed E-state index contributed by atoms with van der Waals surface area (Å²) in [6.07, 6.45) is 2.42. The van der Waals surface area contributed by atoms with E-state index in [-0.39, 0.29) is 17.1 Å². The number of tetrazole rings is 1. The lowest BCUT2D eigenvalue weighted by molar-refractivity contribution is 0.0697. The second kappa shape index (κ2) is 5.13. The largest absolute Gasteiger partial charge is 0.507 e. The van der Waals surface area contributed by atoms with Crippen LogP contribution in [-0.4, -0.2) is 47.6 Å². The normalized spacial score (nSPS) is 11.7. The number of ketones is 1. The second-order valence-corrected chi connectivity index (χ2v) is 4.40. The predicted molar refractivity (Wildman–Crippen MR) is 74.4 cm³/mol. The maximum Gasteiger partial charge on any atom is 0.335 e. The van der Waals surface area contributed by atoms with E-state index in [1.807, 2.05) is 0 Å². The van der Waals surface area contributed by atoms with Gasteiger partial charge in [0.25, 0.3) is 0 Å². The standard InChI is InChI=1S/C13H9N5O4/c19-10(4-11(20)12-15-17-18-16-12)8-5-14-9-2-1-6(13(21)22)3-7(8)9/h1-5,14,19H,(H,21,22)(H,15,16,17,18)/b10-4+. The summed E-state index contributed by atoms with van der Waals surface area (Å²) in [4.78, 5) is 25.7. The van der Waals surface area contributed by atoms with Gasteiger partial charge in [-0.3, -0.25) is 4.79 Å². The number of aromatic amines is 2. The number of carbonyl (C=O) groups excluding carboxylic acids is 1. The molecule has 0 bridgehead atoms. The lowest BCUT2D eigenvalue weighted by atomic mass is 10.1. The van der Waals surface area contributed by atoms with E-state index in [0.717, 1.165) is 6.08 Å². The first-order valence-corrected chi connectivity index (χ1v) is 6.09. The zero-order valence-electron chi connectivity index (χ0n) is 10.9. The zero-order chi connectivity index (χ0) is 15.7. The van der Waals surface area contributed by atoms with E-state index < -0.39 is 11.8 Å². The quantitative estimate of drug-likeness (QED) is 0.321. The van der Waals surface area contributed by atoms with Crippen molar-refractivity contribution in [1.29, 1.82) is 0 Å². The van der Waals surface area contributed by atoms with Crippen LogP contribution >= 0.6 is 0 Å². The maximum absolute atomic E-state index is 11.8. The number of carboxylic acid groups (broad SMARTS) is 1. The first-order chi connectivity index (χ1) is 10.6. The molecule has 2 aromatic heterocycles. The number of aromatic carboxylic acids is 1. The van der Waals surface area contributed by atoms with Crippen LogP contribution in [0.1, 0.15) is 26.5 Å². The Labute approximate surface area is 122 Å². The van der Waals surface area contributed by atoms with Crippen LogP contribution in [0.3, 0.4) is 0 Å². The summed E-state index contributed by atoms with van der Waals surface area (Å²) in [7, 11) is 0. The summed E-state index contributed by atoms with van der Waals surface area (Å²) in [6, 6.07) is 4.43. The van der Waals surface area contributed by atoms with Crippen LogP contribution in [0, 0.1) is 0 Å². The highest BCUT2D eigenvalue weighted by Crippen LogP contribution is 2.25. The molecule has 0 aliphatic heterocycles. The SMILES string of the molecule is O=C(O)c1ccc2[nH]cc(/C(O)=C\C(=O)c3nn[nH]n3)c2c1. The number of H-pyrrole nitrogens is 2. The lowest BCUT2D eigenvalue weighted by Crippen LogP contribution is -1.99. The molecule has 110 valence electrons. The van der Waals surface area contributed by atoms with Crippen LogP contribution in [0.5, 0.6) is 0 Å². The number of fused-ring (bicyclic) bond motifs is 1. The topological polar surface area (TPSA) is 145 Å². The smallest absolute Gasteiger partial charge is 0.335 e. The number of aliphatic hydroxyl groups is 1. The third-order valence-electron chi connectivity index (χ3n) is 3.04. The van der Waals surface area contributed by atoms with Gasteiger partial charge in [0.1, 0.15) is 5.76 Å². The van der Waals surface area contributed by atoms with E-state index >= 15 is 0 Å². The molecule has 0 aliphatic rings. The zero-order valence-corrected chi connectivity index (χ0v) is 10.9. The van der Waals surface area contributed by atoms with E-state index in [1.165, 1.54) is 18.3 Å². The van der Waals surface area contributed by atoms with Crippen molar-refractivity contribution in [1.82, 2.24) is 25.6 Å². The van der Waals surface area contributed by atoms with Crippen molar-refractivity contribution < 1.29 is 19.8 Å². The van der Waals surface area contributed by atoms with E-state index in [2.05, 4.69) is 25.6 Å². The molecule has 0 fully saturated rings. The molecule has 0 amide bonds. The highest BCUT2D eigenvalue weighted by molar-refractivity contribution is 6.07. The minimum atomic E-state index is -1.08. The number of carboxylic acids is 1. The fraction of sp³-hybridized carbons (Fsp3) is 0. The van der Waals surface area contributed by atoms with E-state index in [4.69, 9.17) is 5.11 Å². The van der Waals surface area contributed by atoms with Gasteiger partial charge in [-0.1, -0.05) is 0 Å². The minimum Gasteiger partial charge on any atom is -0.507 e. The minimum absolute atomic E-state index is 0.0747. The highest BCUT2D eigenvalue weighted by atomic mass is 16.4. The first-order valence-electron chi connectivity index (χ1n) is 6.09. The molecule has 22 heavy (non-hydrogen) atoms. The van der Waals surface area contributed by atoms with Crippen LogP contribution in [0.15, 0.2) is 30.5 Å². The van der Waals surface area contributed by atoms with E-state index in [1.54, 1.807) is 6.07 Å². The average molecular weight is 299 g/mol. The summed E-state index contributed by atoms with van der Waals surface area (Å²) in [6.45, 7) is 0. The van der Waals surface area contributed by atoms with Crippen LogP contribution in [0.2, 0.25) is 0 Å². The van der Waals surface area contributed by atoms with Crippen molar-refractivity contribution in [3.8, 4) is 0 Å². The fourth-order valence-corrected chi connectivity index (χ4v) is 2.00. The number of benzene rings is 1.